The fourth-order valence-electron chi connectivity index (χ4n) is 1.31. The second kappa shape index (κ2) is 5.75. The first-order valence-corrected chi connectivity index (χ1v) is 6.84. The van der Waals surface area contributed by atoms with Gasteiger partial charge in [-0.05, 0) is 43.7 Å². The first-order chi connectivity index (χ1) is 8.77. The van der Waals surface area contributed by atoms with Crippen molar-refractivity contribution in [2.75, 3.05) is 7.11 Å². The van der Waals surface area contributed by atoms with Gasteiger partial charge in [0.2, 0.25) is 0 Å². The Morgan fingerprint density at radius 3 is 2.11 bits per heavy atom. The van der Waals surface area contributed by atoms with Gasteiger partial charge in [-0.1, -0.05) is 0 Å². The van der Waals surface area contributed by atoms with Gasteiger partial charge in [0.1, 0.15) is 11.4 Å². The average molecular weight is 285 g/mol. The maximum atomic E-state index is 12.0. The van der Waals surface area contributed by atoms with Gasteiger partial charge < -0.3 is 9.84 Å². The molecule has 0 heterocycles. The van der Waals surface area contributed by atoms with Gasteiger partial charge in [0.25, 0.3) is 10.0 Å². The van der Waals surface area contributed by atoms with Crippen LogP contribution in [-0.2, 0) is 14.8 Å². The van der Waals surface area contributed by atoms with Gasteiger partial charge in [-0.25, -0.2) is 13.2 Å². The smallest absolute Gasteiger partial charge is 0.352 e. The minimum atomic E-state index is -3.92. The third-order valence-corrected chi connectivity index (χ3v) is 3.69. The van der Waals surface area contributed by atoms with Crippen LogP contribution in [-0.4, -0.2) is 26.6 Å². The number of methoxy groups -OCH3 is 1. The van der Waals surface area contributed by atoms with E-state index in [0.717, 1.165) is 0 Å². The average Bonchev–Trinajstić information content (AvgIpc) is 2.35. The molecular weight excluding hydrogens is 270 g/mol. The summed E-state index contributed by atoms with van der Waals surface area (Å²) in [6, 6.07) is 5.65. The summed E-state index contributed by atoms with van der Waals surface area (Å²) in [4.78, 5) is 10.9. The Morgan fingerprint density at radius 1 is 1.21 bits per heavy atom. The minimum Gasteiger partial charge on any atom is -0.497 e. The highest BCUT2D eigenvalue weighted by Gasteiger charge is 2.20. The molecule has 1 aromatic carbocycles. The summed E-state index contributed by atoms with van der Waals surface area (Å²) in [6.07, 6.45) is 0. The maximum absolute atomic E-state index is 12.0. The van der Waals surface area contributed by atoms with E-state index >= 15 is 0 Å². The molecule has 19 heavy (non-hydrogen) atoms. The second-order valence-electron chi connectivity index (χ2n) is 3.96. The molecule has 0 amide bonds. The molecule has 0 radical (unpaired) electrons. The molecule has 0 aliphatic heterocycles. The van der Waals surface area contributed by atoms with Crippen molar-refractivity contribution in [2.24, 2.45) is 0 Å². The van der Waals surface area contributed by atoms with Crippen molar-refractivity contribution in [1.29, 1.82) is 0 Å². The summed E-state index contributed by atoms with van der Waals surface area (Å²) in [7, 11) is -2.45. The van der Waals surface area contributed by atoms with E-state index in [1.165, 1.54) is 45.2 Å². The summed E-state index contributed by atoms with van der Waals surface area (Å²) < 4.78 is 31.0. The first-order valence-electron chi connectivity index (χ1n) is 5.35. The number of hydrogen-bond donors (Lipinski definition) is 2. The highest BCUT2D eigenvalue weighted by atomic mass is 32.2. The van der Waals surface area contributed by atoms with E-state index in [9.17, 15) is 13.2 Å². The Morgan fingerprint density at radius 2 is 1.74 bits per heavy atom. The predicted octanol–water partition coefficient (Wildman–Crippen LogP) is 1.35. The fourth-order valence-corrected chi connectivity index (χ4v) is 2.48. The van der Waals surface area contributed by atoms with Crippen molar-refractivity contribution in [2.45, 2.75) is 18.7 Å². The lowest BCUT2D eigenvalue weighted by atomic mass is 10.3. The largest absolute Gasteiger partial charge is 0.497 e. The fraction of sp³-hybridized carbons (Fsp3) is 0.250. The van der Waals surface area contributed by atoms with Crippen molar-refractivity contribution in [3.05, 3.63) is 35.5 Å². The van der Waals surface area contributed by atoms with Gasteiger partial charge in [-0.2, -0.15) is 0 Å². The van der Waals surface area contributed by atoms with Crippen molar-refractivity contribution < 1.29 is 23.1 Å². The molecule has 104 valence electrons. The van der Waals surface area contributed by atoms with E-state index in [-0.39, 0.29) is 10.6 Å². The molecule has 0 bridgehead atoms. The summed E-state index contributed by atoms with van der Waals surface area (Å²) in [5.41, 5.74) is 0.0143. The van der Waals surface area contributed by atoms with E-state index in [1.807, 2.05) is 0 Å². The molecule has 0 spiro atoms. The van der Waals surface area contributed by atoms with Crippen LogP contribution >= 0.6 is 0 Å². The van der Waals surface area contributed by atoms with Crippen LogP contribution in [0.1, 0.15) is 13.8 Å². The van der Waals surface area contributed by atoms with E-state index in [1.54, 1.807) is 0 Å². The molecule has 0 saturated heterocycles. The number of carbonyl (C=O) groups is 1. The Balaban J connectivity index is 3.11. The van der Waals surface area contributed by atoms with Crippen molar-refractivity contribution >= 4 is 16.0 Å². The van der Waals surface area contributed by atoms with Crippen molar-refractivity contribution in [1.82, 2.24) is 4.72 Å². The molecule has 7 heteroatoms. The van der Waals surface area contributed by atoms with Crippen LogP contribution in [0.15, 0.2) is 40.4 Å². The number of allylic oxidation sites excluding steroid dienone is 1. The Kier molecular flexibility index (Phi) is 4.55. The number of carboxylic acids is 1. The Hall–Kier alpha value is -2.02. The van der Waals surface area contributed by atoms with Gasteiger partial charge in [-0.15, -0.1) is 0 Å². The van der Waals surface area contributed by atoms with Crippen molar-refractivity contribution in [3.8, 4) is 5.75 Å². The van der Waals surface area contributed by atoms with Crippen LogP contribution in [0.3, 0.4) is 0 Å². The van der Waals surface area contributed by atoms with Crippen LogP contribution in [0.4, 0.5) is 0 Å². The lowest BCUT2D eigenvalue weighted by Gasteiger charge is -2.10. The molecule has 0 aliphatic rings. The van der Waals surface area contributed by atoms with Gasteiger partial charge in [0, 0.05) is 0 Å². The molecule has 2 N–H and O–H groups in total. The van der Waals surface area contributed by atoms with Crippen LogP contribution < -0.4 is 9.46 Å². The Labute approximate surface area is 111 Å². The number of nitrogens with one attached hydrogen (secondary N) is 1. The molecule has 6 nitrogen and oxygen atoms in total. The minimum absolute atomic E-state index is 0.0340. The Bertz CT molecular complexity index is 598. The summed E-state index contributed by atoms with van der Waals surface area (Å²) in [6.45, 7) is 3.03. The van der Waals surface area contributed by atoms with E-state index in [0.29, 0.717) is 11.3 Å². The molecule has 0 unspecified atom stereocenters. The topological polar surface area (TPSA) is 92.7 Å². The van der Waals surface area contributed by atoms with E-state index < -0.39 is 16.0 Å². The first kappa shape index (κ1) is 15.0. The van der Waals surface area contributed by atoms with Crippen LogP contribution in [0.2, 0.25) is 0 Å². The second-order valence-corrected chi connectivity index (χ2v) is 5.64. The molecule has 0 fully saturated rings. The summed E-state index contributed by atoms with van der Waals surface area (Å²) in [5.74, 6) is -0.809. The molecule has 0 aromatic heterocycles. The SMILES string of the molecule is COc1ccc(S(=O)(=O)NC(C(=O)O)=C(C)C)cc1. The van der Waals surface area contributed by atoms with Crippen LogP contribution in [0.25, 0.3) is 0 Å². The third-order valence-electron chi connectivity index (χ3n) is 2.32. The maximum Gasteiger partial charge on any atom is 0.352 e. The molecule has 1 rings (SSSR count). The van der Waals surface area contributed by atoms with Gasteiger partial charge in [0.05, 0.1) is 12.0 Å². The van der Waals surface area contributed by atoms with Crippen molar-refractivity contribution in [3.63, 3.8) is 0 Å². The van der Waals surface area contributed by atoms with E-state index in [2.05, 4.69) is 4.72 Å². The zero-order valence-corrected chi connectivity index (χ0v) is 11.6. The molecule has 0 saturated carbocycles. The quantitative estimate of drug-likeness (QED) is 0.797. The number of hydrogen-bond acceptors (Lipinski definition) is 4. The van der Waals surface area contributed by atoms with Crippen LogP contribution in [0.5, 0.6) is 5.75 Å². The number of ether oxygens (including phenoxy) is 1. The van der Waals surface area contributed by atoms with Gasteiger partial charge in [-0.3, -0.25) is 4.72 Å². The number of carboxylic acid groups (broad SMARTS) is 1. The molecular formula is C12H15NO5S. The number of benzene rings is 1. The molecule has 0 aliphatic carbocycles. The summed E-state index contributed by atoms with van der Waals surface area (Å²) in [5, 5.41) is 8.93. The standard InChI is InChI=1S/C12H15NO5S/c1-8(2)11(12(14)15)13-19(16,17)10-6-4-9(18-3)5-7-10/h4-7,13H,1-3H3,(H,14,15). The van der Waals surface area contributed by atoms with E-state index in [4.69, 9.17) is 9.84 Å². The van der Waals surface area contributed by atoms with Gasteiger partial charge >= 0.3 is 5.97 Å². The zero-order chi connectivity index (χ0) is 14.6. The number of rotatable bonds is 5. The predicted molar refractivity (Wildman–Crippen MR) is 69.3 cm³/mol. The monoisotopic (exact) mass is 285 g/mol. The summed E-state index contributed by atoms with van der Waals surface area (Å²) >= 11 is 0. The van der Waals surface area contributed by atoms with Gasteiger partial charge in [0.15, 0.2) is 0 Å². The zero-order valence-electron chi connectivity index (χ0n) is 10.8. The molecule has 1 aromatic rings. The normalized spacial score (nSPS) is 10.7. The lowest BCUT2D eigenvalue weighted by Crippen LogP contribution is -2.28. The highest BCUT2D eigenvalue weighted by Crippen LogP contribution is 2.16. The van der Waals surface area contributed by atoms with Crippen LogP contribution in [0, 0.1) is 0 Å². The third kappa shape index (κ3) is 3.72. The highest BCUT2D eigenvalue weighted by molar-refractivity contribution is 7.89. The molecule has 0 atom stereocenters. The lowest BCUT2D eigenvalue weighted by molar-refractivity contribution is -0.132. The number of sulfonamides is 1. The number of aliphatic carboxylic acids is 1.